The highest BCUT2D eigenvalue weighted by Gasteiger charge is 2.10. The van der Waals surface area contributed by atoms with Gasteiger partial charge in [-0.15, -0.1) is 0 Å². The van der Waals surface area contributed by atoms with Crippen molar-refractivity contribution in [1.29, 1.82) is 0 Å². The van der Waals surface area contributed by atoms with Gasteiger partial charge in [-0.3, -0.25) is 0 Å². The van der Waals surface area contributed by atoms with E-state index in [2.05, 4.69) is 20.8 Å². The molecule has 1 aromatic rings. The van der Waals surface area contributed by atoms with Crippen LogP contribution in [0.25, 0.3) is 0 Å². The van der Waals surface area contributed by atoms with Crippen molar-refractivity contribution < 1.29 is 4.74 Å². The van der Waals surface area contributed by atoms with Crippen LogP contribution in [0, 0.1) is 11.8 Å². The summed E-state index contributed by atoms with van der Waals surface area (Å²) >= 11 is 11.0. The topological polar surface area (TPSA) is 35.2 Å². The summed E-state index contributed by atoms with van der Waals surface area (Å²) in [7, 11) is 0. The zero-order valence-electron chi connectivity index (χ0n) is 11.1. The van der Waals surface area contributed by atoms with Crippen molar-refractivity contribution in [3.05, 3.63) is 28.8 Å². The highest BCUT2D eigenvalue weighted by atomic mass is 35.5. The fourth-order valence-corrected chi connectivity index (χ4v) is 2.25. The maximum Gasteiger partial charge on any atom is 0.130 e. The third-order valence-corrected chi connectivity index (χ3v) is 3.06. The number of benzene rings is 1. The van der Waals surface area contributed by atoms with Crippen LogP contribution < -0.4 is 10.5 Å². The molecule has 18 heavy (non-hydrogen) atoms. The van der Waals surface area contributed by atoms with Gasteiger partial charge in [0.15, 0.2) is 0 Å². The monoisotopic (exact) mass is 285 g/mol. The molecule has 0 aromatic heterocycles. The molecule has 1 aromatic carbocycles. The Labute approximate surface area is 119 Å². The third-order valence-electron chi connectivity index (χ3n) is 2.61. The number of rotatable bonds is 6. The predicted octanol–water partition coefficient (Wildman–Crippen LogP) is 4.04. The molecule has 0 heterocycles. The van der Waals surface area contributed by atoms with Crippen molar-refractivity contribution in [2.75, 3.05) is 6.61 Å². The van der Waals surface area contributed by atoms with E-state index in [0.29, 0.717) is 34.2 Å². The maximum absolute atomic E-state index is 5.96. The van der Waals surface area contributed by atoms with Crippen LogP contribution in [0.5, 0.6) is 5.75 Å². The molecule has 1 atom stereocenters. The van der Waals surface area contributed by atoms with Gasteiger partial charge >= 0.3 is 0 Å². The molecule has 0 aliphatic carbocycles. The van der Waals surface area contributed by atoms with Crippen LogP contribution in [0.1, 0.15) is 32.8 Å². The first-order chi connectivity index (χ1) is 8.40. The molecule has 2 nitrogen and oxygen atoms in total. The fourth-order valence-electron chi connectivity index (χ4n) is 1.92. The van der Waals surface area contributed by atoms with Gasteiger partial charge in [0.2, 0.25) is 0 Å². The summed E-state index contributed by atoms with van der Waals surface area (Å²) < 4.78 is 5.79. The summed E-state index contributed by atoms with van der Waals surface area (Å²) in [5.74, 6) is 1.83. The summed E-state index contributed by atoms with van der Waals surface area (Å²) in [5, 5.41) is 0.626. The molecule has 0 spiro atoms. The van der Waals surface area contributed by atoms with Crippen molar-refractivity contribution in [2.24, 2.45) is 17.6 Å². The Morgan fingerprint density at radius 1 is 1.39 bits per heavy atom. The lowest BCUT2D eigenvalue weighted by Gasteiger charge is -2.17. The second-order valence-electron chi connectivity index (χ2n) is 5.05. The second kappa shape index (κ2) is 6.95. The van der Waals surface area contributed by atoms with Gasteiger partial charge in [-0.25, -0.2) is 0 Å². The molecule has 0 amide bonds. The largest absolute Gasteiger partial charge is 0.493 e. The SMILES string of the molecule is CC(C)CC(C)COc1cc(Cl)ccc1C(N)=S. The maximum atomic E-state index is 5.96. The summed E-state index contributed by atoms with van der Waals surface area (Å²) in [5.41, 5.74) is 6.40. The molecular formula is C14H20ClNOS. The molecule has 100 valence electrons. The lowest BCUT2D eigenvalue weighted by Crippen LogP contribution is -2.15. The molecule has 2 N–H and O–H groups in total. The quantitative estimate of drug-likeness (QED) is 0.801. The molecule has 4 heteroatoms. The van der Waals surface area contributed by atoms with Gasteiger partial charge in [-0.1, -0.05) is 44.6 Å². The van der Waals surface area contributed by atoms with Gasteiger partial charge in [-0.2, -0.15) is 0 Å². The lowest BCUT2D eigenvalue weighted by molar-refractivity contribution is 0.238. The van der Waals surface area contributed by atoms with Crippen LogP contribution in [0.15, 0.2) is 18.2 Å². The summed E-state index contributed by atoms with van der Waals surface area (Å²) in [4.78, 5) is 0.332. The Morgan fingerprint density at radius 2 is 2.06 bits per heavy atom. The Balaban J connectivity index is 2.71. The molecule has 0 bridgehead atoms. The first-order valence-electron chi connectivity index (χ1n) is 6.12. The Bertz CT molecular complexity index is 420. The van der Waals surface area contributed by atoms with E-state index in [-0.39, 0.29) is 0 Å². The van der Waals surface area contributed by atoms with Crippen molar-refractivity contribution >= 4 is 28.8 Å². The smallest absolute Gasteiger partial charge is 0.130 e. The van der Waals surface area contributed by atoms with E-state index in [1.165, 1.54) is 0 Å². The van der Waals surface area contributed by atoms with Crippen LogP contribution in [0.2, 0.25) is 5.02 Å². The average Bonchev–Trinajstić information content (AvgIpc) is 2.25. The molecule has 0 saturated heterocycles. The fraction of sp³-hybridized carbons (Fsp3) is 0.500. The van der Waals surface area contributed by atoms with E-state index in [1.807, 2.05) is 0 Å². The molecule has 0 aliphatic rings. The van der Waals surface area contributed by atoms with E-state index in [1.54, 1.807) is 18.2 Å². The third kappa shape index (κ3) is 4.83. The van der Waals surface area contributed by atoms with E-state index < -0.39 is 0 Å². The minimum atomic E-state index is 0.332. The van der Waals surface area contributed by atoms with Crippen molar-refractivity contribution in [3.63, 3.8) is 0 Å². The Morgan fingerprint density at radius 3 is 2.61 bits per heavy atom. The van der Waals surface area contributed by atoms with Crippen LogP contribution in [-0.4, -0.2) is 11.6 Å². The molecule has 0 saturated carbocycles. The zero-order valence-corrected chi connectivity index (χ0v) is 12.6. The average molecular weight is 286 g/mol. The molecule has 0 fully saturated rings. The number of nitrogens with two attached hydrogens (primary N) is 1. The zero-order chi connectivity index (χ0) is 13.7. The van der Waals surface area contributed by atoms with Crippen LogP contribution in [0.4, 0.5) is 0 Å². The molecular weight excluding hydrogens is 266 g/mol. The lowest BCUT2D eigenvalue weighted by atomic mass is 10.00. The second-order valence-corrected chi connectivity index (χ2v) is 5.93. The Kier molecular flexibility index (Phi) is 5.89. The van der Waals surface area contributed by atoms with Crippen LogP contribution >= 0.6 is 23.8 Å². The van der Waals surface area contributed by atoms with E-state index >= 15 is 0 Å². The van der Waals surface area contributed by atoms with Crippen LogP contribution in [0.3, 0.4) is 0 Å². The number of thiocarbonyl (C=S) groups is 1. The van der Waals surface area contributed by atoms with Gasteiger partial charge < -0.3 is 10.5 Å². The number of ether oxygens (including phenoxy) is 1. The Hall–Kier alpha value is -0.800. The number of hydrogen-bond acceptors (Lipinski definition) is 2. The van der Waals surface area contributed by atoms with E-state index in [9.17, 15) is 0 Å². The number of hydrogen-bond donors (Lipinski definition) is 1. The van der Waals surface area contributed by atoms with Crippen molar-refractivity contribution in [1.82, 2.24) is 0 Å². The van der Waals surface area contributed by atoms with E-state index in [4.69, 9.17) is 34.3 Å². The van der Waals surface area contributed by atoms with Gasteiger partial charge in [0.05, 0.1) is 12.2 Å². The van der Waals surface area contributed by atoms with Gasteiger partial charge in [0.25, 0.3) is 0 Å². The minimum Gasteiger partial charge on any atom is -0.493 e. The first-order valence-corrected chi connectivity index (χ1v) is 6.91. The summed E-state index contributed by atoms with van der Waals surface area (Å²) in [6.45, 7) is 7.23. The first kappa shape index (κ1) is 15.3. The van der Waals surface area contributed by atoms with Crippen LogP contribution in [-0.2, 0) is 0 Å². The van der Waals surface area contributed by atoms with Gasteiger partial charge in [0, 0.05) is 5.02 Å². The molecule has 0 aliphatic heterocycles. The highest BCUT2D eigenvalue weighted by molar-refractivity contribution is 7.80. The normalized spacial score (nSPS) is 12.5. The van der Waals surface area contributed by atoms with Crippen molar-refractivity contribution in [3.8, 4) is 5.75 Å². The molecule has 1 unspecified atom stereocenters. The highest BCUT2D eigenvalue weighted by Crippen LogP contribution is 2.24. The van der Waals surface area contributed by atoms with E-state index in [0.717, 1.165) is 12.0 Å². The van der Waals surface area contributed by atoms with Crippen molar-refractivity contribution in [2.45, 2.75) is 27.2 Å². The standard InChI is InChI=1S/C14H20ClNOS/c1-9(2)6-10(3)8-17-13-7-11(15)4-5-12(13)14(16)18/h4-5,7,9-10H,6,8H2,1-3H3,(H2,16,18). The number of halogens is 1. The predicted molar refractivity (Wildman–Crippen MR) is 81.5 cm³/mol. The summed E-state index contributed by atoms with van der Waals surface area (Å²) in [6, 6.07) is 5.33. The molecule has 1 rings (SSSR count). The minimum absolute atomic E-state index is 0.332. The van der Waals surface area contributed by atoms with Gasteiger partial charge in [-0.05, 0) is 36.5 Å². The summed E-state index contributed by atoms with van der Waals surface area (Å²) in [6.07, 6.45) is 1.13. The van der Waals surface area contributed by atoms with Gasteiger partial charge in [0.1, 0.15) is 10.7 Å². The molecule has 0 radical (unpaired) electrons.